The van der Waals surface area contributed by atoms with Crippen molar-refractivity contribution >= 4 is 17.7 Å². The van der Waals surface area contributed by atoms with Crippen molar-refractivity contribution in [1.29, 1.82) is 0 Å². The first-order valence-electron chi connectivity index (χ1n) is 12.8. The Hall–Kier alpha value is -3.19. The summed E-state index contributed by atoms with van der Waals surface area (Å²) < 4.78 is 6.55. The molecule has 4 aliphatic rings. The number of hydrogen-bond acceptors (Lipinski definition) is 5. The average molecular weight is 474 g/mol. The maximum atomic E-state index is 13.0. The van der Waals surface area contributed by atoms with Crippen LogP contribution in [-0.4, -0.2) is 58.8 Å². The van der Waals surface area contributed by atoms with Crippen LogP contribution in [0.15, 0.2) is 48.5 Å². The molecule has 1 N–H and O–H groups in total. The maximum Gasteiger partial charge on any atom is 0.255 e. The fraction of sp³-hybridized carbons (Fsp3) is 0.464. The number of likely N-dealkylation sites (tertiary alicyclic amines) is 1. The third-order valence-electron chi connectivity index (χ3n) is 8.10. The Morgan fingerprint density at radius 2 is 1.71 bits per heavy atom. The fourth-order valence-electron chi connectivity index (χ4n) is 6.15. The summed E-state index contributed by atoms with van der Waals surface area (Å²) in [5, 5.41) is 2.36. The first-order chi connectivity index (χ1) is 17.1. The molecule has 2 aromatic rings. The average Bonchev–Trinajstić information content (AvgIpc) is 3.15. The molecule has 3 fully saturated rings. The van der Waals surface area contributed by atoms with Gasteiger partial charge in [-0.3, -0.25) is 24.6 Å². The van der Waals surface area contributed by atoms with Crippen LogP contribution in [0, 0.1) is 0 Å². The van der Waals surface area contributed by atoms with E-state index in [9.17, 15) is 14.4 Å². The predicted molar refractivity (Wildman–Crippen MR) is 130 cm³/mol. The highest BCUT2D eigenvalue weighted by atomic mass is 16.5. The van der Waals surface area contributed by atoms with E-state index in [4.69, 9.17) is 4.74 Å². The number of ether oxygens (including phenoxy) is 1. The number of fused-ring (bicyclic) bond motifs is 1. The minimum Gasteiger partial charge on any atom is -0.489 e. The van der Waals surface area contributed by atoms with E-state index in [1.54, 1.807) is 4.90 Å². The van der Waals surface area contributed by atoms with Gasteiger partial charge < -0.3 is 9.64 Å². The van der Waals surface area contributed by atoms with Crippen molar-refractivity contribution in [3.8, 4) is 5.75 Å². The number of hydrogen-bond donors (Lipinski definition) is 1. The standard InChI is InChI=1S/C28H31N3O4/c32-26-13-12-24(27(33)29-26)31-17-19-14-21(10-11-22(19)28(31)34)35-25-9-5-4-8-23(25)30-15-20(16-30)18-6-2-1-3-7-18/h1-3,6-7,10-11,14,20,23-25H,4-5,8-9,12-13,15-17H2,(H,29,32,33)/t23-,24?,25+/m0/s1. The summed E-state index contributed by atoms with van der Waals surface area (Å²) in [4.78, 5) is 40.9. The van der Waals surface area contributed by atoms with Crippen molar-refractivity contribution in [3.63, 3.8) is 0 Å². The van der Waals surface area contributed by atoms with Crippen molar-refractivity contribution < 1.29 is 19.1 Å². The van der Waals surface area contributed by atoms with Gasteiger partial charge in [-0.25, -0.2) is 0 Å². The number of carbonyl (C=O) groups is 3. The number of rotatable bonds is 5. The Morgan fingerprint density at radius 1 is 0.914 bits per heavy atom. The van der Waals surface area contributed by atoms with E-state index in [1.807, 2.05) is 18.2 Å². The van der Waals surface area contributed by atoms with Gasteiger partial charge in [0.25, 0.3) is 5.91 Å². The Kier molecular flexibility index (Phi) is 5.80. The first-order valence-corrected chi connectivity index (χ1v) is 12.8. The molecule has 3 amide bonds. The van der Waals surface area contributed by atoms with Gasteiger partial charge in [0, 0.05) is 43.6 Å². The van der Waals surface area contributed by atoms with Crippen LogP contribution in [0.5, 0.6) is 5.75 Å². The number of nitrogens with zero attached hydrogens (tertiary/aromatic N) is 2. The number of benzene rings is 2. The molecule has 2 saturated heterocycles. The molecule has 1 saturated carbocycles. The third kappa shape index (κ3) is 4.22. The van der Waals surface area contributed by atoms with Crippen molar-refractivity contribution in [2.75, 3.05) is 13.1 Å². The van der Waals surface area contributed by atoms with E-state index in [1.165, 1.54) is 18.4 Å². The molecule has 0 aromatic heterocycles. The van der Waals surface area contributed by atoms with Crippen LogP contribution in [-0.2, 0) is 16.1 Å². The van der Waals surface area contributed by atoms with Gasteiger partial charge >= 0.3 is 0 Å². The largest absolute Gasteiger partial charge is 0.489 e. The van der Waals surface area contributed by atoms with E-state index in [-0.39, 0.29) is 30.2 Å². The summed E-state index contributed by atoms with van der Waals surface area (Å²) in [6, 6.07) is 16.2. The minimum absolute atomic E-state index is 0.141. The Morgan fingerprint density at radius 3 is 2.51 bits per heavy atom. The summed E-state index contributed by atoms with van der Waals surface area (Å²) >= 11 is 0. The molecule has 35 heavy (non-hydrogen) atoms. The second-order valence-corrected chi connectivity index (χ2v) is 10.3. The molecule has 1 aliphatic carbocycles. The summed E-state index contributed by atoms with van der Waals surface area (Å²) in [6.07, 6.45) is 5.36. The quantitative estimate of drug-likeness (QED) is 0.675. The monoisotopic (exact) mass is 473 g/mol. The molecule has 7 heteroatoms. The zero-order chi connectivity index (χ0) is 23.9. The number of nitrogens with one attached hydrogen (secondary N) is 1. The van der Waals surface area contributed by atoms with Gasteiger partial charge in [0.15, 0.2) is 0 Å². The summed E-state index contributed by atoms with van der Waals surface area (Å²) in [7, 11) is 0. The van der Waals surface area contributed by atoms with Crippen LogP contribution < -0.4 is 10.1 Å². The molecule has 3 aliphatic heterocycles. The Labute approximate surface area is 205 Å². The van der Waals surface area contributed by atoms with E-state index >= 15 is 0 Å². The molecular formula is C28H31N3O4. The van der Waals surface area contributed by atoms with E-state index in [0.29, 0.717) is 30.5 Å². The topological polar surface area (TPSA) is 79.0 Å². The zero-order valence-electron chi connectivity index (χ0n) is 19.8. The fourth-order valence-corrected chi connectivity index (χ4v) is 6.15. The molecule has 1 unspecified atom stereocenters. The van der Waals surface area contributed by atoms with Crippen molar-refractivity contribution in [2.45, 2.75) is 69.2 Å². The summed E-state index contributed by atoms with van der Waals surface area (Å²) in [5.41, 5.74) is 2.93. The van der Waals surface area contributed by atoms with Gasteiger partial charge in [-0.15, -0.1) is 0 Å². The predicted octanol–water partition coefficient (Wildman–Crippen LogP) is 3.24. The lowest BCUT2D eigenvalue weighted by molar-refractivity contribution is -0.136. The van der Waals surface area contributed by atoms with E-state index < -0.39 is 6.04 Å². The van der Waals surface area contributed by atoms with Gasteiger partial charge in [0.05, 0.1) is 0 Å². The number of piperidine rings is 1. The molecular weight excluding hydrogens is 442 g/mol. The normalized spacial score (nSPS) is 27.4. The van der Waals surface area contributed by atoms with Crippen molar-refractivity contribution in [2.24, 2.45) is 0 Å². The number of imide groups is 1. The van der Waals surface area contributed by atoms with E-state index in [2.05, 4.69) is 40.5 Å². The number of amides is 3. The highest BCUT2D eigenvalue weighted by molar-refractivity contribution is 6.05. The second kappa shape index (κ2) is 9.11. The minimum atomic E-state index is -0.594. The first kappa shape index (κ1) is 22.3. The molecule has 0 spiro atoms. The van der Waals surface area contributed by atoms with Crippen LogP contribution in [0.3, 0.4) is 0 Å². The van der Waals surface area contributed by atoms with Crippen molar-refractivity contribution in [3.05, 3.63) is 65.2 Å². The lowest BCUT2D eigenvalue weighted by atomic mass is 9.84. The van der Waals surface area contributed by atoms with Gasteiger partial charge in [-0.1, -0.05) is 36.8 Å². The molecule has 2 aromatic carbocycles. The lowest BCUT2D eigenvalue weighted by Crippen LogP contribution is -2.57. The zero-order valence-corrected chi connectivity index (χ0v) is 19.8. The van der Waals surface area contributed by atoms with Gasteiger partial charge in [0.2, 0.25) is 11.8 Å². The molecule has 7 nitrogen and oxygen atoms in total. The van der Waals surface area contributed by atoms with Crippen LogP contribution in [0.4, 0.5) is 0 Å². The highest BCUT2D eigenvalue weighted by Crippen LogP contribution is 2.36. The van der Waals surface area contributed by atoms with Crippen LogP contribution >= 0.6 is 0 Å². The molecule has 0 bridgehead atoms. The summed E-state index contributed by atoms with van der Waals surface area (Å²) in [5.74, 6) is 0.587. The Balaban J connectivity index is 1.12. The van der Waals surface area contributed by atoms with E-state index in [0.717, 1.165) is 37.2 Å². The maximum absolute atomic E-state index is 13.0. The SMILES string of the molecule is O=C1CCC(N2Cc3cc(O[C@@H]4CCCC[C@@H]4N4CC(c5ccccc5)C4)ccc3C2=O)C(=O)N1. The second-order valence-electron chi connectivity index (χ2n) is 10.3. The highest BCUT2D eigenvalue weighted by Gasteiger charge is 2.41. The van der Waals surface area contributed by atoms with Crippen LogP contribution in [0.25, 0.3) is 0 Å². The van der Waals surface area contributed by atoms with Crippen LogP contribution in [0.2, 0.25) is 0 Å². The third-order valence-corrected chi connectivity index (χ3v) is 8.10. The molecule has 3 heterocycles. The molecule has 3 atom stereocenters. The van der Waals surface area contributed by atoms with Crippen molar-refractivity contribution in [1.82, 2.24) is 15.1 Å². The number of carbonyl (C=O) groups excluding carboxylic acids is 3. The lowest BCUT2D eigenvalue weighted by Gasteiger charge is -2.48. The molecule has 182 valence electrons. The Bertz CT molecular complexity index is 1140. The van der Waals surface area contributed by atoms with Gasteiger partial charge in [0.1, 0.15) is 17.9 Å². The van der Waals surface area contributed by atoms with Crippen LogP contribution in [0.1, 0.15) is 65.9 Å². The van der Waals surface area contributed by atoms with Gasteiger partial charge in [-0.2, -0.15) is 0 Å². The summed E-state index contributed by atoms with van der Waals surface area (Å²) in [6.45, 7) is 2.53. The van der Waals surface area contributed by atoms with Gasteiger partial charge in [-0.05, 0) is 55.0 Å². The smallest absolute Gasteiger partial charge is 0.255 e. The molecule has 0 radical (unpaired) electrons. The molecule has 6 rings (SSSR count).